The average molecular weight is 251 g/mol. The van der Waals surface area contributed by atoms with Crippen LogP contribution in [0.15, 0.2) is 40.0 Å². The molecule has 0 saturated heterocycles. The lowest BCUT2D eigenvalue weighted by Gasteiger charge is -2.05. The van der Waals surface area contributed by atoms with Gasteiger partial charge in [-0.25, -0.2) is 13.4 Å². The van der Waals surface area contributed by atoms with Gasteiger partial charge in [0.1, 0.15) is 11.5 Å². The smallest absolute Gasteiger partial charge is 0.181 e. The number of rotatable bonds is 3. The molecule has 4 nitrogen and oxygen atoms in total. The second-order valence-corrected chi connectivity index (χ2v) is 5.73. The van der Waals surface area contributed by atoms with Gasteiger partial charge in [-0.1, -0.05) is 25.1 Å². The minimum absolute atomic E-state index is 0.281. The van der Waals surface area contributed by atoms with Gasteiger partial charge in [-0.3, -0.25) is 0 Å². The summed E-state index contributed by atoms with van der Waals surface area (Å²) >= 11 is 0. The van der Waals surface area contributed by atoms with Crippen molar-refractivity contribution in [1.82, 2.24) is 4.98 Å². The molecule has 0 aliphatic carbocycles. The van der Waals surface area contributed by atoms with E-state index in [0.717, 1.165) is 0 Å². The maximum absolute atomic E-state index is 11.7. The summed E-state index contributed by atoms with van der Waals surface area (Å²) < 4.78 is 28.6. The quantitative estimate of drug-likeness (QED) is 0.839. The lowest BCUT2D eigenvalue weighted by molar-refractivity contribution is 0.510. The second kappa shape index (κ2) is 4.33. The highest BCUT2D eigenvalue weighted by Gasteiger charge is 2.18. The van der Waals surface area contributed by atoms with Crippen molar-refractivity contribution in [3.63, 3.8) is 0 Å². The van der Waals surface area contributed by atoms with E-state index in [1.165, 1.54) is 12.6 Å². The van der Waals surface area contributed by atoms with E-state index in [4.69, 9.17) is 4.42 Å². The zero-order valence-electron chi connectivity index (χ0n) is 9.67. The molecule has 0 radical (unpaired) electrons. The van der Waals surface area contributed by atoms with Crippen molar-refractivity contribution in [2.45, 2.75) is 18.2 Å². The lowest BCUT2D eigenvalue weighted by atomic mass is 10.1. The van der Waals surface area contributed by atoms with E-state index in [-0.39, 0.29) is 4.90 Å². The molecule has 0 amide bonds. The van der Waals surface area contributed by atoms with Crippen LogP contribution >= 0.6 is 0 Å². The molecule has 0 aliphatic rings. The zero-order chi connectivity index (χ0) is 12.5. The van der Waals surface area contributed by atoms with Crippen LogP contribution in [0, 0.1) is 0 Å². The minimum Gasteiger partial charge on any atom is -0.448 e. The number of nitrogens with zero attached hydrogens (tertiary/aromatic N) is 1. The van der Waals surface area contributed by atoms with Crippen LogP contribution in [0.4, 0.5) is 0 Å². The molecule has 0 N–H and O–H groups in total. The third kappa shape index (κ3) is 2.24. The third-order valence-electron chi connectivity index (χ3n) is 2.50. The molecule has 1 heterocycles. The summed E-state index contributed by atoms with van der Waals surface area (Å²) in [6, 6.07) is 6.82. The van der Waals surface area contributed by atoms with Crippen molar-refractivity contribution < 1.29 is 12.8 Å². The van der Waals surface area contributed by atoms with E-state index in [2.05, 4.69) is 4.98 Å². The molecule has 0 aliphatic heterocycles. The molecule has 1 aromatic heterocycles. The Labute approximate surface area is 100 Å². The van der Waals surface area contributed by atoms with Gasteiger partial charge >= 0.3 is 0 Å². The summed E-state index contributed by atoms with van der Waals surface area (Å²) in [5, 5.41) is 0. The fourth-order valence-corrected chi connectivity index (χ4v) is 2.62. The number of sulfone groups is 1. The molecule has 0 fully saturated rings. The Balaban J connectivity index is 2.69. The van der Waals surface area contributed by atoms with Crippen LogP contribution in [0.5, 0.6) is 0 Å². The van der Waals surface area contributed by atoms with Crippen molar-refractivity contribution in [3.8, 4) is 11.3 Å². The first-order valence-electron chi connectivity index (χ1n) is 5.26. The molecule has 90 valence electrons. The summed E-state index contributed by atoms with van der Waals surface area (Å²) in [6.07, 6.45) is 3.21. The van der Waals surface area contributed by atoms with E-state index in [0.29, 0.717) is 23.4 Å². The van der Waals surface area contributed by atoms with E-state index in [9.17, 15) is 8.42 Å². The molecule has 0 saturated carbocycles. The highest BCUT2D eigenvalue weighted by atomic mass is 32.2. The van der Waals surface area contributed by atoms with Crippen LogP contribution in [-0.2, 0) is 16.3 Å². The molecule has 0 spiro atoms. The first kappa shape index (κ1) is 11.9. The first-order valence-corrected chi connectivity index (χ1v) is 7.15. The highest BCUT2D eigenvalue weighted by molar-refractivity contribution is 7.90. The molecule has 0 bridgehead atoms. The van der Waals surface area contributed by atoms with E-state index in [1.54, 1.807) is 24.3 Å². The van der Waals surface area contributed by atoms with Crippen molar-refractivity contribution in [2.75, 3.05) is 6.26 Å². The van der Waals surface area contributed by atoms with Gasteiger partial charge in [0.25, 0.3) is 0 Å². The van der Waals surface area contributed by atoms with Gasteiger partial charge in [0.05, 0.1) is 4.90 Å². The third-order valence-corrected chi connectivity index (χ3v) is 3.66. The summed E-state index contributed by atoms with van der Waals surface area (Å²) in [6.45, 7) is 1.94. The van der Waals surface area contributed by atoms with E-state index in [1.807, 2.05) is 6.92 Å². The van der Waals surface area contributed by atoms with Crippen LogP contribution in [0.1, 0.15) is 12.7 Å². The van der Waals surface area contributed by atoms with Crippen LogP contribution in [0.3, 0.4) is 0 Å². The molecule has 0 unspecified atom stereocenters. The topological polar surface area (TPSA) is 60.2 Å². The number of hydrogen-bond acceptors (Lipinski definition) is 4. The fourth-order valence-electron chi connectivity index (χ4n) is 1.73. The Hall–Kier alpha value is -1.62. The molecular formula is C12H13NO3S. The Morgan fingerprint density at radius 2 is 2.00 bits per heavy atom. The van der Waals surface area contributed by atoms with Gasteiger partial charge < -0.3 is 4.42 Å². The molecule has 0 atom stereocenters. The second-order valence-electron chi connectivity index (χ2n) is 3.75. The molecule has 5 heteroatoms. The maximum Gasteiger partial charge on any atom is 0.181 e. The molecule has 2 rings (SSSR count). The monoisotopic (exact) mass is 251 g/mol. The van der Waals surface area contributed by atoms with Gasteiger partial charge in [-0.2, -0.15) is 0 Å². The highest BCUT2D eigenvalue weighted by Crippen LogP contribution is 2.28. The summed E-state index contributed by atoms with van der Waals surface area (Å²) in [4.78, 5) is 4.38. The van der Waals surface area contributed by atoms with Gasteiger partial charge in [-0.15, -0.1) is 0 Å². The van der Waals surface area contributed by atoms with Crippen molar-refractivity contribution in [2.24, 2.45) is 0 Å². The summed E-state index contributed by atoms with van der Waals surface area (Å²) in [5.41, 5.74) is 1.20. The van der Waals surface area contributed by atoms with Gasteiger partial charge in [0.15, 0.2) is 16.2 Å². The van der Waals surface area contributed by atoms with Crippen molar-refractivity contribution in [3.05, 3.63) is 36.4 Å². The van der Waals surface area contributed by atoms with E-state index >= 15 is 0 Å². The van der Waals surface area contributed by atoms with Crippen LogP contribution < -0.4 is 0 Å². The fraction of sp³-hybridized carbons (Fsp3) is 0.250. The van der Waals surface area contributed by atoms with Gasteiger partial charge in [0, 0.05) is 18.2 Å². The van der Waals surface area contributed by atoms with Crippen LogP contribution in [-0.4, -0.2) is 19.7 Å². The SMILES string of the molecule is CCc1ocnc1-c1ccccc1S(C)(=O)=O. The lowest BCUT2D eigenvalue weighted by Crippen LogP contribution is -2.00. The van der Waals surface area contributed by atoms with Gasteiger partial charge in [-0.05, 0) is 6.07 Å². The van der Waals surface area contributed by atoms with E-state index < -0.39 is 9.84 Å². The standard InChI is InChI=1S/C12H13NO3S/c1-3-10-12(13-8-16-10)9-6-4-5-7-11(9)17(2,14)15/h4-8H,3H2,1-2H3. The summed E-state index contributed by atoms with van der Waals surface area (Å²) in [7, 11) is -3.27. The number of aryl methyl sites for hydroxylation is 1. The zero-order valence-corrected chi connectivity index (χ0v) is 10.5. The predicted molar refractivity (Wildman–Crippen MR) is 64.4 cm³/mol. The minimum atomic E-state index is -3.27. The van der Waals surface area contributed by atoms with Crippen LogP contribution in [0.2, 0.25) is 0 Å². The Morgan fingerprint density at radius 3 is 2.65 bits per heavy atom. The van der Waals surface area contributed by atoms with Crippen molar-refractivity contribution >= 4 is 9.84 Å². The number of oxazole rings is 1. The molecule has 2 aromatic rings. The normalized spacial score (nSPS) is 11.6. The Morgan fingerprint density at radius 1 is 1.29 bits per heavy atom. The molecule has 1 aromatic carbocycles. The largest absolute Gasteiger partial charge is 0.448 e. The Bertz CT molecular complexity index is 629. The van der Waals surface area contributed by atoms with Gasteiger partial charge in [0.2, 0.25) is 0 Å². The number of hydrogen-bond donors (Lipinski definition) is 0. The summed E-state index contributed by atoms with van der Waals surface area (Å²) in [5.74, 6) is 0.695. The van der Waals surface area contributed by atoms with Crippen LogP contribution in [0.25, 0.3) is 11.3 Å². The maximum atomic E-state index is 11.7. The number of benzene rings is 1. The molecule has 17 heavy (non-hydrogen) atoms. The Kier molecular flexibility index (Phi) is 3.02. The predicted octanol–water partition coefficient (Wildman–Crippen LogP) is 2.31. The number of aromatic nitrogens is 1. The molecular weight excluding hydrogens is 238 g/mol. The first-order chi connectivity index (χ1) is 8.04. The average Bonchev–Trinajstić information content (AvgIpc) is 2.75. The van der Waals surface area contributed by atoms with Crippen molar-refractivity contribution in [1.29, 1.82) is 0 Å².